The first-order chi connectivity index (χ1) is 11.3. The maximum absolute atomic E-state index is 2.55. The van der Waals surface area contributed by atoms with E-state index in [-0.39, 0.29) is 0 Å². The van der Waals surface area contributed by atoms with E-state index in [1.165, 1.54) is 67.3 Å². The summed E-state index contributed by atoms with van der Waals surface area (Å²) in [5.74, 6) is 0. The van der Waals surface area contributed by atoms with Gasteiger partial charge >= 0.3 is 0 Å². The largest absolute Gasteiger partial charge is 0.303 e. The van der Waals surface area contributed by atoms with Gasteiger partial charge in [-0.3, -0.25) is 0 Å². The number of hydrogen-bond donors (Lipinski definition) is 0. The molecule has 1 atom stereocenters. The lowest BCUT2D eigenvalue weighted by Crippen LogP contribution is -2.35. The van der Waals surface area contributed by atoms with Gasteiger partial charge in [0.25, 0.3) is 0 Å². The molecule has 0 amide bonds. The Kier molecular flexibility index (Phi) is 4.37. The monoisotopic (exact) mass is 323 g/mol. The number of thiophene rings is 1. The van der Waals surface area contributed by atoms with E-state index in [2.05, 4.69) is 53.7 Å². The minimum Gasteiger partial charge on any atom is -0.303 e. The van der Waals surface area contributed by atoms with Crippen molar-refractivity contribution in [2.75, 3.05) is 13.6 Å². The lowest BCUT2D eigenvalue weighted by atomic mass is 9.92. The van der Waals surface area contributed by atoms with E-state index in [1.807, 2.05) is 11.3 Å². The predicted molar refractivity (Wildman–Crippen MR) is 100 cm³/mol. The molecule has 1 aliphatic carbocycles. The second kappa shape index (κ2) is 6.62. The van der Waals surface area contributed by atoms with Gasteiger partial charge in [0.1, 0.15) is 0 Å². The number of benzene rings is 1. The molecule has 1 aromatic carbocycles. The highest BCUT2D eigenvalue weighted by molar-refractivity contribution is 7.10. The van der Waals surface area contributed by atoms with E-state index in [0.29, 0.717) is 6.04 Å². The van der Waals surface area contributed by atoms with Gasteiger partial charge in [-0.1, -0.05) is 36.8 Å². The van der Waals surface area contributed by atoms with Gasteiger partial charge in [0, 0.05) is 10.9 Å². The Morgan fingerprint density at radius 2 is 2.04 bits per heavy atom. The molecule has 1 aliphatic heterocycles. The number of nitrogens with zero attached hydrogens (tertiary/aromatic N) is 1. The van der Waals surface area contributed by atoms with E-state index in [9.17, 15) is 0 Å². The summed E-state index contributed by atoms with van der Waals surface area (Å²) in [6.07, 6.45) is 10.2. The molecule has 120 valence electrons. The molecule has 4 rings (SSSR count). The Morgan fingerprint density at radius 1 is 1.13 bits per heavy atom. The highest BCUT2D eigenvalue weighted by Crippen LogP contribution is 2.36. The third-order valence-corrected chi connectivity index (χ3v) is 6.46. The van der Waals surface area contributed by atoms with Crippen molar-refractivity contribution in [3.8, 4) is 0 Å². The zero-order valence-corrected chi connectivity index (χ0v) is 14.7. The minimum absolute atomic E-state index is 0.716. The molecule has 2 aromatic rings. The third-order valence-electron chi connectivity index (χ3n) is 5.48. The van der Waals surface area contributed by atoms with E-state index < -0.39 is 0 Å². The van der Waals surface area contributed by atoms with Crippen molar-refractivity contribution >= 4 is 16.9 Å². The van der Waals surface area contributed by atoms with Crippen LogP contribution in [0.3, 0.4) is 0 Å². The number of aryl methyl sites for hydroxylation is 2. The Balaban J connectivity index is 1.70. The molecule has 1 nitrogen and oxygen atoms in total. The molecule has 0 N–H and O–H groups in total. The van der Waals surface area contributed by atoms with Crippen molar-refractivity contribution in [3.05, 3.63) is 63.4 Å². The molecule has 1 fully saturated rings. The van der Waals surface area contributed by atoms with Crippen LogP contribution in [0.1, 0.15) is 47.3 Å². The van der Waals surface area contributed by atoms with Crippen LogP contribution < -0.4 is 0 Å². The zero-order chi connectivity index (χ0) is 15.6. The first kappa shape index (κ1) is 15.2. The molecule has 1 unspecified atom stereocenters. The van der Waals surface area contributed by atoms with E-state index in [4.69, 9.17) is 0 Å². The van der Waals surface area contributed by atoms with Crippen molar-refractivity contribution in [2.24, 2.45) is 0 Å². The highest BCUT2D eigenvalue weighted by Gasteiger charge is 2.21. The summed E-state index contributed by atoms with van der Waals surface area (Å²) < 4.78 is 0. The summed E-state index contributed by atoms with van der Waals surface area (Å²) in [6.45, 7) is 1.26. The number of rotatable bonds is 2. The second-order valence-electron chi connectivity index (χ2n) is 6.90. The summed E-state index contributed by atoms with van der Waals surface area (Å²) in [6, 6.07) is 12.1. The van der Waals surface area contributed by atoms with Crippen LogP contribution in [0.5, 0.6) is 0 Å². The normalized spacial score (nSPS) is 23.3. The van der Waals surface area contributed by atoms with Crippen molar-refractivity contribution < 1.29 is 0 Å². The van der Waals surface area contributed by atoms with Gasteiger partial charge in [-0.05, 0) is 79.4 Å². The Hall–Kier alpha value is -1.38. The van der Waals surface area contributed by atoms with Crippen molar-refractivity contribution in [1.82, 2.24) is 4.90 Å². The molecular weight excluding hydrogens is 298 g/mol. The summed E-state index contributed by atoms with van der Waals surface area (Å²) in [7, 11) is 2.29. The van der Waals surface area contributed by atoms with Gasteiger partial charge in [0.15, 0.2) is 0 Å². The van der Waals surface area contributed by atoms with Crippen molar-refractivity contribution in [1.29, 1.82) is 0 Å². The molecule has 2 aliphatic rings. The van der Waals surface area contributed by atoms with Gasteiger partial charge < -0.3 is 4.90 Å². The average Bonchev–Trinajstić information content (AvgIpc) is 2.98. The maximum atomic E-state index is 2.55. The molecular formula is C21H25NS. The van der Waals surface area contributed by atoms with Crippen LogP contribution in [0.2, 0.25) is 0 Å². The number of piperidine rings is 1. The molecule has 2 heteroatoms. The predicted octanol–water partition coefficient (Wildman–Crippen LogP) is 5.15. The molecule has 1 saturated heterocycles. The van der Waals surface area contributed by atoms with Gasteiger partial charge in [-0.25, -0.2) is 0 Å². The molecule has 23 heavy (non-hydrogen) atoms. The Morgan fingerprint density at radius 3 is 2.96 bits per heavy atom. The summed E-state index contributed by atoms with van der Waals surface area (Å²) in [4.78, 5) is 4.11. The Labute approximate surface area is 143 Å². The smallest absolute Gasteiger partial charge is 0.0127 e. The second-order valence-corrected chi connectivity index (χ2v) is 7.90. The molecule has 1 aromatic heterocycles. The van der Waals surface area contributed by atoms with Crippen LogP contribution in [-0.2, 0) is 12.8 Å². The lowest BCUT2D eigenvalue weighted by molar-refractivity contribution is 0.187. The molecule has 2 heterocycles. The van der Waals surface area contributed by atoms with Crippen molar-refractivity contribution in [2.45, 2.75) is 44.6 Å². The average molecular weight is 324 g/mol. The molecule has 0 bridgehead atoms. The summed E-state index contributed by atoms with van der Waals surface area (Å²) >= 11 is 1.92. The fraction of sp³-hybridized carbons (Fsp3) is 0.429. The minimum atomic E-state index is 0.716. The van der Waals surface area contributed by atoms with E-state index in [0.717, 1.165) is 0 Å². The number of fused-ring (bicyclic) bond motifs is 2. The molecule has 0 saturated carbocycles. The summed E-state index contributed by atoms with van der Waals surface area (Å²) in [5, 5.41) is 2.26. The van der Waals surface area contributed by atoms with Crippen LogP contribution in [0, 0.1) is 0 Å². The number of likely N-dealkylation sites (tertiary alicyclic amines) is 1. The quantitative estimate of drug-likeness (QED) is 0.738. The standard InChI is InChI=1S/C21H25NS/c1-22-14-5-4-7-17(22)10-11-19-18-8-3-2-6-16(18)9-12-21-20(19)13-15-23-21/h2-3,6,8,11,13,15,17H,4-5,7,9-10,12,14H2,1H3. The van der Waals surface area contributed by atoms with Crippen LogP contribution in [0.4, 0.5) is 0 Å². The van der Waals surface area contributed by atoms with Gasteiger partial charge in [0.05, 0.1) is 0 Å². The fourth-order valence-corrected chi connectivity index (χ4v) is 4.98. The van der Waals surface area contributed by atoms with Gasteiger partial charge in [-0.15, -0.1) is 11.3 Å². The van der Waals surface area contributed by atoms with Crippen LogP contribution in [0.15, 0.2) is 41.8 Å². The van der Waals surface area contributed by atoms with Crippen molar-refractivity contribution in [3.63, 3.8) is 0 Å². The fourth-order valence-electron chi connectivity index (χ4n) is 4.08. The van der Waals surface area contributed by atoms with Gasteiger partial charge in [-0.2, -0.15) is 0 Å². The third kappa shape index (κ3) is 3.02. The lowest BCUT2D eigenvalue weighted by Gasteiger charge is -2.32. The molecule has 0 spiro atoms. The van der Waals surface area contributed by atoms with Gasteiger partial charge in [0.2, 0.25) is 0 Å². The van der Waals surface area contributed by atoms with Crippen LogP contribution >= 0.6 is 11.3 Å². The first-order valence-electron chi connectivity index (χ1n) is 8.88. The molecule has 0 radical (unpaired) electrons. The van der Waals surface area contributed by atoms with Crippen LogP contribution in [-0.4, -0.2) is 24.5 Å². The summed E-state index contributed by atoms with van der Waals surface area (Å²) in [5.41, 5.74) is 5.94. The van der Waals surface area contributed by atoms with Crippen LogP contribution in [0.25, 0.3) is 5.57 Å². The zero-order valence-electron chi connectivity index (χ0n) is 13.9. The Bertz CT molecular complexity index is 712. The highest BCUT2D eigenvalue weighted by atomic mass is 32.1. The number of hydrogen-bond acceptors (Lipinski definition) is 2. The van der Waals surface area contributed by atoms with E-state index >= 15 is 0 Å². The topological polar surface area (TPSA) is 3.24 Å². The first-order valence-corrected chi connectivity index (χ1v) is 9.76. The van der Waals surface area contributed by atoms with E-state index in [1.54, 1.807) is 4.88 Å². The maximum Gasteiger partial charge on any atom is 0.0127 e. The SMILES string of the molecule is CN1CCCCC1CC=C1c2ccccc2CCc2sccc21.